The molecule has 1 heterocycles. The lowest BCUT2D eigenvalue weighted by Gasteiger charge is -2.40. The topological polar surface area (TPSA) is 15.3 Å². The molecule has 1 aromatic rings. The highest BCUT2D eigenvalue weighted by Gasteiger charge is 2.25. The predicted octanol–water partition coefficient (Wildman–Crippen LogP) is 2.67. The molecule has 1 N–H and O–H groups in total. The highest BCUT2D eigenvalue weighted by Crippen LogP contribution is 2.24. The van der Waals surface area contributed by atoms with Crippen LogP contribution < -0.4 is 10.2 Å². The zero-order chi connectivity index (χ0) is 11.8. The van der Waals surface area contributed by atoms with Gasteiger partial charge in [0.1, 0.15) is 5.82 Å². The van der Waals surface area contributed by atoms with Crippen molar-refractivity contribution in [2.75, 3.05) is 24.5 Å². The number of nitrogens with zero attached hydrogens (tertiary/aromatic N) is 1. The van der Waals surface area contributed by atoms with E-state index in [0.29, 0.717) is 0 Å². The Kier molecular flexibility index (Phi) is 3.08. The Balaban J connectivity index is 2.20. The zero-order valence-electron chi connectivity index (χ0n) is 9.56. The molecule has 0 aromatic heterocycles. The third-order valence-electron chi connectivity index (χ3n) is 2.84. The molecule has 0 aliphatic carbocycles. The fourth-order valence-corrected chi connectivity index (χ4v) is 2.22. The van der Waals surface area contributed by atoms with Gasteiger partial charge >= 0.3 is 0 Å². The van der Waals surface area contributed by atoms with Crippen LogP contribution in [0, 0.1) is 5.82 Å². The Morgan fingerprint density at radius 1 is 1.44 bits per heavy atom. The Morgan fingerprint density at radius 2 is 2.19 bits per heavy atom. The molecule has 1 aliphatic rings. The van der Waals surface area contributed by atoms with E-state index in [1.165, 1.54) is 6.07 Å². The molecule has 0 radical (unpaired) electrons. The van der Waals surface area contributed by atoms with Crippen molar-refractivity contribution in [2.24, 2.45) is 0 Å². The molecule has 1 fully saturated rings. The van der Waals surface area contributed by atoms with Crippen LogP contribution in [0.15, 0.2) is 18.2 Å². The molecule has 1 aromatic carbocycles. The molecule has 1 saturated heterocycles. The van der Waals surface area contributed by atoms with E-state index < -0.39 is 0 Å². The van der Waals surface area contributed by atoms with Crippen molar-refractivity contribution in [3.8, 4) is 0 Å². The van der Waals surface area contributed by atoms with Gasteiger partial charge in [0, 0.05) is 30.9 Å². The van der Waals surface area contributed by atoms with Crippen LogP contribution in [0.1, 0.15) is 13.8 Å². The fraction of sp³-hybridized carbons (Fsp3) is 0.500. The second-order valence-corrected chi connectivity index (χ2v) is 5.24. The number of piperazine rings is 1. The van der Waals surface area contributed by atoms with Crippen molar-refractivity contribution in [3.05, 3.63) is 29.0 Å². The molecule has 0 amide bonds. The average Bonchev–Trinajstić information content (AvgIpc) is 2.20. The van der Waals surface area contributed by atoms with Crippen LogP contribution in [0.2, 0.25) is 5.02 Å². The minimum absolute atomic E-state index is 0.0825. The molecule has 0 atom stereocenters. The summed E-state index contributed by atoms with van der Waals surface area (Å²) in [4.78, 5) is 2.22. The maximum absolute atomic E-state index is 13.1. The van der Waals surface area contributed by atoms with Gasteiger partial charge in [0.05, 0.1) is 5.02 Å². The molecule has 0 unspecified atom stereocenters. The highest BCUT2D eigenvalue weighted by atomic mass is 35.5. The van der Waals surface area contributed by atoms with Gasteiger partial charge in [-0.15, -0.1) is 0 Å². The molecule has 0 spiro atoms. The summed E-state index contributed by atoms with van der Waals surface area (Å²) >= 11 is 5.79. The molecule has 88 valence electrons. The largest absolute Gasteiger partial charge is 0.368 e. The Hall–Kier alpha value is -0.800. The van der Waals surface area contributed by atoms with Crippen LogP contribution >= 0.6 is 11.6 Å². The highest BCUT2D eigenvalue weighted by molar-refractivity contribution is 6.31. The van der Waals surface area contributed by atoms with E-state index in [1.54, 1.807) is 12.1 Å². The third kappa shape index (κ3) is 2.47. The monoisotopic (exact) mass is 242 g/mol. The van der Waals surface area contributed by atoms with E-state index >= 15 is 0 Å². The molecule has 2 nitrogen and oxygen atoms in total. The first kappa shape index (κ1) is 11.7. The van der Waals surface area contributed by atoms with Gasteiger partial charge in [-0.3, -0.25) is 0 Å². The van der Waals surface area contributed by atoms with E-state index in [-0.39, 0.29) is 16.4 Å². The summed E-state index contributed by atoms with van der Waals surface area (Å²) in [5, 5.41) is 3.62. The van der Waals surface area contributed by atoms with E-state index in [4.69, 9.17) is 11.6 Å². The quantitative estimate of drug-likeness (QED) is 0.815. The minimum Gasteiger partial charge on any atom is -0.368 e. The first-order valence-corrected chi connectivity index (χ1v) is 5.81. The van der Waals surface area contributed by atoms with Crippen LogP contribution in [0.25, 0.3) is 0 Å². The van der Waals surface area contributed by atoms with E-state index in [9.17, 15) is 4.39 Å². The van der Waals surface area contributed by atoms with E-state index in [0.717, 1.165) is 25.3 Å². The number of nitrogens with one attached hydrogen (secondary N) is 1. The van der Waals surface area contributed by atoms with Crippen molar-refractivity contribution in [3.63, 3.8) is 0 Å². The Labute approximate surface area is 100 Å². The van der Waals surface area contributed by atoms with Crippen LogP contribution in [-0.4, -0.2) is 25.2 Å². The second kappa shape index (κ2) is 4.22. The van der Waals surface area contributed by atoms with Gasteiger partial charge in [0.25, 0.3) is 0 Å². The zero-order valence-corrected chi connectivity index (χ0v) is 10.3. The summed E-state index contributed by atoms with van der Waals surface area (Å²) < 4.78 is 13.1. The van der Waals surface area contributed by atoms with Crippen molar-refractivity contribution < 1.29 is 4.39 Å². The number of anilines is 1. The van der Waals surface area contributed by atoms with Crippen molar-refractivity contribution in [1.29, 1.82) is 0 Å². The lowest BCUT2D eigenvalue weighted by atomic mass is 10.0. The SMILES string of the molecule is CC1(C)CN(c2ccc(F)c(Cl)c2)CCN1. The lowest BCUT2D eigenvalue weighted by Crippen LogP contribution is -2.57. The number of hydrogen-bond acceptors (Lipinski definition) is 2. The van der Waals surface area contributed by atoms with Gasteiger partial charge in [-0.05, 0) is 32.0 Å². The minimum atomic E-state index is -0.361. The maximum Gasteiger partial charge on any atom is 0.141 e. The molecule has 4 heteroatoms. The summed E-state index contributed by atoms with van der Waals surface area (Å²) in [5.41, 5.74) is 1.07. The number of benzene rings is 1. The summed E-state index contributed by atoms with van der Waals surface area (Å²) in [7, 11) is 0. The molecule has 2 rings (SSSR count). The van der Waals surface area contributed by atoms with Crippen LogP contribution in [0.5, 0.6) is 0 Å². The summed E-state index contributed by atoms with van der Waals surface area (Å²) in [6, 6.07) is 4.90. The van der Waals surface area contributed by atoms with Crippen molar-refractivity contribution in [1.82, 2.24) is 5.32 Å². The molecular weight excluding hydrogens is 227 g/mol. The molecule has 16 heavy (non-hydrogen) atoms. The predicted molar refractivity (Wildman–Crippen MR) is 65.7 cm³/mol. The van der Waals surface area contributed by atoms with Crippen LogP contribution in [0.3, 0.4) is 0 Å². The van der Waals surface area contributed by atoms with Gasteiger partial charge < -0.3 is 10.2 Å². The van der Waals surface area contributed by atoms with E-state index in [1.807, 2.05) is 0 Å². The number of rotatable bonds is 1. The Morgan fingerprint density at radius 3 is 2.81 bits per heavy atom. The van der Waals surface area contributed by atoms with Gasteiger partial charge in [-0.1, -0.05) is 11.6 Å². The first-order chi connectivity index (χ1) is 7.48. The van der Waals surface area contributed by atoms with Crippen LogP contribution in [0.4, 0.5) is 10.1 Å². The van der Waals surface area contributed by atoms with Gasteiger partial charge in [0.15, 0.2) is 0 Å². The van der Waals surface area contributed by atoms with Crippen molar-refractivity contribution in [2.45, 2.75) is 19.4 Å². The summed E-state index contributed by atoms with van der Waals surface area (Å²) in [5.74, 6) is -0.361. The Bertz CT molecular complexity index is 393. The normalized spacial score (nSPS) is 19.9. The smallest absolute Gasteiger partial charge is 0.141 e. The van der Waals surface area contributed by atoms with Crippen LogP contribution in [-0.2, 0) is 0 Å². The summed E-state index contributed by atoms with van der Waals surface area (Å²) in [6.07, 6.45) is 0. The van der Waals surface area contributed by atoms with Gasteiger partial charge in [-0.25, -0.2) is 4.39 Å². The standard InChI is InChI=1S/C12H16ClFN2/c1-12(2)8-16(6-5-15-12)9-3-4-11(14)10(13)7-9/h3-4,7,15H,5-6,8H2,1-2H3. The first-order valence-electron chi connectivity index (χ1n) is 5.43. The lowest BCUT2D eigenvalue weighted by molar-refractivity contribution is 0.353. The third-order valence-corrected chi connectivity index (χ3v) is 3.13. The molecule has 0 saturated carbocycles. The van der Waals surface area contributed by atoms with Crippen molar-refractivity contribution >= 4 is 17.3 Å². The fourth-order valence-electron chi connectivity index (χ4n) is 2.04. The summed E-state index contributed by atoms with van der Waals surface area (Å²) in [6.45, 7) is 7.07. The van der Waals surface area contributed by atoms with Gasteiger partial charge in [-0.2, -0.15) is 0 Å². The number of halogens is 2. The average molecular weight is 243 g/mol. The molecule has 0 bridgehead atoms. The second-order valence-electron chi connectivity index (χ2n) is 4.83. The molecule has 1 aliphatic heterocycles. The van der Waals surface area contributed by atoms with E-state index in [2.05, 4.69) is 24.1 Å². The number of hydrogen-bond donors (Lipinski definition) is 1. The van der Waals surface area contributed by atoms with Gasteiger partial charge in [0.2, 0.25) is 0 Å². The maximum atomic E-state index is 13.1. The molecular formula is C12H16ClFN2.